The molecule has 0 heterocycles. The molecule has 1 amide bonds. The molecule has 0 saturated carbocycles. The van der Waals surface area contributed by atoms with Crippen LogP contribution in [0.2, 0.25) is 5.02 Å². The van der Waals surface area contributed by atoms with Gasteiger partial charge in [-0.15, -0.1) is 0 Å². The number of carbonyl (C=O) groups is 1. The average molecular weight is 357 g/mol. The largest absolute Gasteiger partial charge is 0.352 e. The van der Waals surface area contributed by atoms with Gasteiger partial charge in [-0.25, -0.2) is 8.42 Å². The molecule has 0 fully saturated rings. The Hall–Kier alpha value is -1.53. The lowest BCUT2D eigenvalue weighted by atomic mass is 9.97. The van der Waals surface area contributed by atoms with Crippen LogP contribution in [-0.2, 0) is 10.0 Å². The summed E-state index contributed by atoms with van der Waals surface area (Å²) in [4.78, 5) is 12.2. The molecule has 0 bridgehead atoms. The number of allylic oxidation sites excluding steroid dienone is 1. The Morgan fingerprint density at radius 2 is 2.09 bits per heavy atom. The van der Waals surface area contributed by atoms with E-state index in [2.05, 4.69) is 16.1 Å². The Labute approximate surface area is 142 Å². The maximum atomic E-state index is 12.2. The van der Waals surface area contributed by atoms with E-state index < -0.39 is 10.0 Å². The van der Waals surface area contributed by atoms with Crippen LogP contribution >= 0.6 is 11.6 Å². The molecule has 2 N–H and O–H groups in total. The quantitative estimate of drug-likeness (QED) is 0.767. The average Bonchev–Trinajstić information content (AvgIpc) is 2.49. The number of halogens is 1. The van der Waals surface area contributed by atoms with Crippen LogP contribution in [0.3, 0.4) is 0 Å². The fourth-order valence-corrected chi connectivity index (χ4v) is 3.30. The first-order valence-corrected chi connectivity index (χ1v) is 9.85. The molecule has 0 aliphatic heterocycles. The van der Waals surface area contributed by atoms with Crippen molar-refractivity contribution < 1.29 is 13.2 Å². The Bertz CT molecular complexity index is 714. The van der Waals surface area contributed by atoms with Gasteiger partial charge in [0.2, 0.25) is 10.0 Å². The first-order chi connectivity index (χ1) is 10.8. The summed E-state index contributed by atoms with van der Waals surface area (Å²) in [6.45, 7) is 0.572. The van der Waals surface area contributed by atoms with Crippen molar-refractivity contribution in [1.29, 1.82) is 0 Å². The highest BCUT2D eigenvalue weighted by Gasteiger charge is 2.12. The van der Waals surface area contributed by atoms with E-state index in [4.69, 9.17) is 11.6 Å². The van der Waals surface area contributed by atoms with E-state index in [9.17, 15) is 13.2 Å². The molecule has 0 spiro atoms. The molecule has 1 aromatic carbocycles. The molecular formula is C16H21ClN2O3S. The van der Waals surface area contributed by atoms with E-state index in [-0.39, 0.29) is 16.6 Å². The van der Waals surface area contributed by atoms with E-state index in [1.165, 1.54) is 30.5 Å². The monoisotopic (exact) mass is 356 g/mol. The summed E-state index contributed by atoms with van der Waals surface area (Å²) < 4.78 is 24.9. The predicted octanol–water partition coefficient (Wildman–Crippen LogP) is 3.33. The molecule has 0 aromatic heterocycles. The summed E-state index contributed by atoms with van der Waals surface area (Å²) in [5.74, 6) is -0.241. The standard InChI is InChI=1S/C16H21ClN2O3S/c1-23(21,22)19-15-11-13(7-8-14(15)17)16(20)18-10-9-12-5-3-2-4-6-12/h5,7-8,11,19H,2-4,6,9-10H2,1H3,(H,18,20). The maximum Gasteiger partial charge on any atom is 0.251 e. The van der Waals surface area contributed by atoms with E-state index >= 15 is 0 Å². The Morgan fingerprint density at radius 1 is 1.30 bits per heavy atom. The van der Waals surface area contributed by atoms with Gasteiger partial charge in [0.25, 0.3) is 5.91 Å². The second-order valence-electron chi connectivity index (χ2n) is 5.68. The molecule has 0 atom stereocenters. The van der Waals surface area contributed by atoms with Crippen molar-refractivity contribution in [2.45, 2.75) is 32.1 Å². The third-order valence-corrected chi connectivity index (χ3v) is 4.56. The molecule has 0 saturated heterocycles. The van der Waals surface area contributed by atoms with Crippen molar-refractivity contribution in [3.05, 3.63) is 40.4 Å². The molecule has 5 nitrogen and oxygen atoms in total. The zero-order valence-corrected chi connectivity index (χ0v) is 14.6. The number of nitrogens with one attached hydrogen (secondary N) is 2. The minimum absolute atomic E-state index is 0.205. The second-order valence-corrected chi connectivity index (χ2v) is 7.84. The molecule has 23 heavy (non-hydrogen) atoms. The number of hydrogen-bond acceptors (Lipinski definition) is 3. The number of sulfonamides is 1. The summed E-state index contributed by atoms with van der Waals surface area (Å²) >= 11 is 5.95. The molecule has 0 unspecified atom stereocenters. The first kappa shape index (κ1) is 17.8. The number of anilines is 1. The number of carbonyl (C=O) groups excluding carboxylic acids is 1. The minimum Gasteiger partial charge on any atom is -0.352 e. The van der Waals surface area contributed by atoms with Gasteiger partial charge in [-0.3, -0.25) is 9.52 Å². The highest BCUT2D eigenvalue weighted by atomic mass is 35.5. The fourth-order valence-electron chi connectivity index (χ4n) is 2.51. The molecule has 1 aromatic rings. The zero-order chi connectivity index (χ0) is 16.9. The van der Waals surface area contributed by atoms with Crippen molar-refractivity contribution >= 4 is 33.2 Å². The fraction of sp³-hybridized carbons (Fsp3) is 0.438. The number of hydrogen-bond donors (Lipinski definition) is 2. The van der Waals surface area contributed by atoms with Crippen LogP contribution in [0.4, 0.5) is 5.69 Å². The molecule has 7 heteroatoms. The lowest BCUT2D eigenvalue weighted by Gasteiger charge is -2.13. The van der Waals surface area contributed by atoms with E-state index in [1.54, 1.807) is 6.07 Å². The van der Waals surface area contributed by atoms with Gasteiger partial charge in [0.15, 0.2) is 0 Å². The maximum absolute atomic E-state index is 12.2. The summed E-state index contributed by atoms with van der Waals surface area (Å²) in [5.41, 5.74) is 1.97. The van der Waals surface area contributed by atoms with Gasteiger partial charge in [-0.2, -0.15) is 0 Å². The summed E-state index contributed by atoms with van der Waals surface area (Å²) in [7, 11) is -3.45. The first-order valence-electron chi connectivity index (χ1n) is 7.58. The van der Waals surface area contributed by atoms with Crippen LogP contribution in [0.15, 0.2) is 29.8 Å². The Balaban J connectivity index is 1.96. The van der Waals surface area contributed by atoms with Gasteiger partial charge in [0.1, 0.15) is 0 Å². The van der Waals surface area contributed by atoms with Crippen molar-refractivity contribution in [2.24, 2.45) is 0 Å². The molecular weight excluding hydrogens is 336 g/mol. The summed E-state index contributed by atoms with van der Waals surface area (Å²) in [5, 5.41) is 3.11. The Kier molecular flexibility index (Phi) is 6.07. The van der Waals surface area contributed by atoms with Crippen LogP contribution in [0.25, 0.3) is 0 Å². The van der Waals surface area contributed by atoms with Crippen LogP contribution in [0.5, 0.6) is 0 Å². The van der Waals surface area contributed by atoms with Gasteiger partial charge in [-0.05, 0) is 50.3 Å². The molecule has 1 aliphatic carbocycles. The third kappa shape index (κ3) is 5.88. The number of rotatable bonds is 6. The van der Waals surface area contributed by atoms with Crippen molar-refractivity contribution in [2.75, 3.05) is 17.5 Å². The summed E-state index contributed by atoms with van der Waals surface area (Å²) in [6, 6.07) is 4.53. The zero-order valence-electron chi connectivity index (χ0n) is 13.1. The van der Waals surface area contributed by atoms with Crippen molar-refractivity contribution in [3.8, 4) is 0 Å². The lowest BCUT2D eigenvalue weighted by molar-refractivity contribution is 0.0954. The highest BCUT2D eigenvalue weighted by molar-refractivity contribution is 7.92. The lowest BCUT2D eigenvalue weighted by Crippen LogP contribution is -2.25. The summed E-state index contributed by atoms with van der Waals surface area (Å²) in [6.07, 6.45) is 8.85. The van der Waals surface area contributed by atoms with Crippen molar-refractivity contribution in [1.82, 2.24) is 5.32 Å². The van der Waals surface area contributed by atoms with Gasteiger partial charge < -0.3 is 5.32 Å². The topological polar surface area (TPSA) is 75.3 Å². The van der Waals surface area contributed by atoms with Crippen LogP contribution in [0, 0.1) is 0 Å². The van der Waals surface area contributed by atoms with Gasteiger partial charge in [-0.1, -0.05) is 23.3 Å². The third-order valence-electron chi connectivity index (χ3n) is 3.64. The van der Waals surface area contributed by atoms with E-state index in [1.807, 2.05) is 0 Å². The van der Waals surface area contributed by atoms with E-state index in [0.717, 1.165) is 25.5 Å². The normalized spacial score (nSPS) is 15.0. The second kappa shape index (κ2) is 7.84. The molecule has 2 rings (SSSR count). The van der Waals surface area contributed by atoms with Gasteiger partial charge in [0.05, 0.1) is 17.0 Å². The van der Waals surface area contributed by atoms with Crippen LogP contribution in [0.1, 0.15) is 42.5 Å². The SMILES string of the molecule is CS(=O)(=O)Nc1cc(C(=O)NCCC2=CCCCC2)ccc1Cl. The molecule has 126 valence electrons. The highest BCUT2D eigenvalue weighted by Crippen LogP contribution is 2.24. The molecule has 0 radical (unpaired) electrons. The number of benzene rings is 1. The van der Waals surface area contributed by atoms with E-state index in [0.29, 0.717) is 12.1 Å². The van der Waals surface area contributed by atoms with Crippen molar-refractivity contribution in [3.63, 3.8) is 0 Å². The predicted molar refractivity (Wildman–Crippen MR) is 93.4 cm³/mol. The Morgan fingerprint density at radius 3 is 2.74 bits per heavy atom. The van der Waals surface area contributed by atoms with Crippen LogP contribution < -0.4 is 10.0 Å². The number of amides is 1. The minimum atomic E-state index is -3.45. The van der Waals surface area contributed by atoms with Crippen LogP contribution in [-0.4, -0.2) is 27.1 Å². The molecule has 1 aliphatic rings. The smallest absolute Gasteiger partial charge is 0.251 e. The van der Waals surface area contributed by atoms with Gasteiger partial charge >= 0.3 is 0 Å². The van der Waals surface area contributed by atoms with Gasteiger partial charge in [0, 0.05) is 12.1 Å².